The zero-order chi connectivity index (χ0) is 17.3. The summed E-state index contributed by atoms with van der Waals surface area (Å²) >= 11 is 6.23. The highest BCUT2D eigenvalue weighted by molar-refractivity contribution is 6.33. The SMILES string of the molecule is CC(C)(C)OC(=O)CC1(O)CCN(c2ccc(N)cc2Cl)CC1. The van der Waals surface area contributed by atoms with Gasteiger partial charge in [-0.15, -0.1) is 0 Å². The third-order valence-corrected chi connectivity index (χ3v) is 4.20. The molecule has 1 aromatic carbocycles. The summed E-state index contributed by atoms with van der Waals surface area (Å²) in [6.07, 6.45) is 1.01. The molecule has 23 heavy (non-hydrogen) atoms. The molecule has 0 aliphatic carbocycles. The number of nitrogen functional groups attached to an aromatic ring is 1. The number of carbonyl (C=O) groups excluding carboxylic acids is 1. The largest absolute Gasteiger partial charge is 0.460 e. The summed E-state index contributed by atoms with van der Waals surface area (Å²) in [6, 6.07) is 5.41. The van der Waals surface area contributed by atoms with Gasteiger partial charge in [0.15, 0.2) is 0 Å². The number of halogens is 1. The second kappa shape index (κ2) is 6.57. The van der Waals surface area contributed by atoms with Crippen LogP contribution in [0.5, 0.6) is 0 Å². The van der Waals surface area contributed by atoms with E-state index in [-0.39, 0.29) is 12.4 Å². The number of nitrogens with two attached hydrogens (primary N) is 1. The van der Waals surface area contributed by atoms with Gasteiger partial charge in [0.25, 0.3) is 0 Å². The van der Waals surface area contributed by atoms with Crippen LogP contribution in [-0.2, 0) is 9.53 Å². The summed E-state index contributed by atoms with van der Waals surface area (Å²) in [6.45, 7) is 6.72. The first kappa shape index (κ1) is 17.9. The maximum Gasteiger partial charge on any atom is 0.309 e. The number of esters is 1. The molecule has 0 amide bonds. The van der Waals surface area contributed by atoms with E-state index in [0.717, 1.165) is 5.69 Å². The fourth-order valence-electron chi connectivity index (χ4n) is 2.77. The van der Waals surface area contributed by atoms with Crippen molar-refractivity contribution >= 4 is 28.9 Å². The lowest BCUT2D eigenvalue weighted by Gasteiger charge is -2.39. The van der Waals surface area contributed by atoms with Crippen LogP contribution >= 0.6 is 11.6 Å². The van der Waals surface area contributed by atoms with Crippen LogP contribution in [0.1, 0.15) is 40.0 Å². The van der Waals surface area contributed by atoms with Crippen molar-refractivity contribution in [2.75, 3.05) is 23.7 Å². The number of anilines is 2. The van der Waals surface area contributed by atoms with E-state index in [4.69, 9.17) is 22.1 Å². The summed E-state index contributed by atoms with van der Waals surface area (Å²) in [4.78, 5) is 14.0. The minimum atomic E-state index is -1.01. The van der Waals surface area contributed by atoms with E-state index in [2.05, 4.69) is 4.90 Å². The van der Waals surface area contributed by atoms with Gasteiger partial charge in [0.05, 0.1) is 22.7 Å². The summed E-state index contributed by atoms with van der Waals surface area (Å²) in [5, 5.41) is 11.2. The molecule has 5 nitrogen and oxygen atoms in total. The summed E-state index contributed by atoms with van der Waals surface area (Å²) < 4.78 is 5.30. The second-order valence-corrected chi connectivity index (χ2v) is 7.59. The van der Waals surface area contributed by atoms with Crippen molar-refractivity contribution in [1.82, 2.24) is 0 Å². The van der Waals surface area contributed by atoms with Crippen LogP contribution in [0, 0.1) is 0 Å². The van der Waals surface area contributed by atoms with Crippen molar-refractivity contribution < 1.29 is 14.6 Å². The third kappa shape index (κ3) is 5.01. The molecule has 6 heteroatoms. The lowest BCUT2D eigenvalue weighted by atomic mass is 9.88. The lowest BCUT2D eigenvalue weighted by Crippen LogP contribution is -2.46. The highest BCUT2D eigenvalue weighted by Gasteiger charge is 2.36. The number of piperidine rings is 1. The Labute approximate surface area is 142 Å². The van der Waals surface area contributed by atoms with Gasteiger partial charge in [0, 0.05) is 18.8 Å². The van der Waals surface area contributed by atoms with Crippen LogP contribution in [0.15, 0.2) is 18.2 Å². The van der Waals surface area contributed by atoms with Gasteiger partial charge in [-0.2, -0.15) is 0 Å². The Balaban J connectivity index is 1.95. The first-order valence-corrected chi connectivity index (χ1v) is 8.20. The molecule has 0 atom stereocenters. The predicted octanol–water partition coefficient (Wildman–Crippen LogP) is 2.99. The van der Waals surface area contributed by atoms with E-state index in [0.29, 0.717) is 36.6 Å². The van der Waals surface area contributed by atoms with Crippen LogP contribution < -0.4 is 10.6 Å². The van der Waals surface area contributed by atoms with Gasteiger partial charge in [0.1, 0.15) is 5.60 Å². The number of hydrogen-bond acceptors (Lipinski definition) is 5. The average molecular weight is 341 g/mol. The molecule has 3 N–H and O–H groups in total. The van der Waals surface area contributed by atoms with Gasteiger partial charge in [-0.25, -0.2) is 0 Å². The highest BCUT2D eigenvalue weighted by atomic mass is 35.5. The van der Waals surface area contributed by atoms with Crippen molar-refractivity contribution in [3.63, 3.8) is 0 Å². The van der Waals surface area contributed by atoms with Gasteiger partial charge in [0.2, 0.25) is 0 Å². The Morgan fingerprint density at radius 1 is 1.39 bits per heavy atom. The predicted molar refractivity (Wildman–Crippen MR) is 92.7 cm³/mol. The minimum Gasteiger partial charge on any atom is -0.460 e. The molecular formula is C17H25ClN2O3. The highest BCUT2D eigenvalue weighted by Crippen LogP contribution is 2.34. The van der Waals surface area contributed by atoms with Gasteiger partial charge >= 0.3 is 5.97 Å². The Kier molecular flexibility index (Phi) is 5.11. The molecule has 1 fully saturated rings. The lowest BCUT2D eigenvalue weighted by molar-refractivity contribution is -0.161. The molecule has 0 saturated carbocycles. The molecule has 1 heterocycles. The van der Waals surface area contributed by atoms with Crippen molar-refractivity contribution in [1.29, 1.82) is 0 Å². The van der Waals surface area contributed by atoms with Crippen LogP contribution in [0.3, 0.4) is 0 Å². The third-order valence-electron chi connectivity index (χ3n) is 3.90. The fraction of sp³-hybridized carbons (Fsp3) is 0.588. The molecule has 1 aromatic rings. The number of carbonyl (C=O) groups is 1. The van der Waals surface area contributed by atoms with Crippen LogP contribution in [-0.4, -0.2) is 35.4 Å². The number of rotatable bonds is 3. The first-order chi connectivity index (χ1) is 10.6. The molecule has 1 aliphatic rings. The number of hydrogen-bond donors (Lipinski definition) is 2. The van der Waals surface area contributed by atoms with Crippen LogP contribution in [0.4, 0.5) is 11.4 Å². The van der Waals surface area contributed by atoms with E-state index < -0.39 is 11.2 Å². The summed E-state index contributed by atoms with van der Waals surface area (Å²) in [5.74, 6) is -0.362. The number of nitrogens with zero attached hydrogens (tertiary/aromatic N) is 1. The van der Waals surface area contributed by atoms with E-state index in [1.54, 1.807) is 6.07 Å². The number of aliphatic hydroxyl groups is 1. The minimum absolute atomic E-state index is 0.0214. The van der Waals surface area contributed by atoms with Crippen molar-refractivity contribution in [2.45, 2.75) is 51.2 Å². The Bertz CT molecular complexity index is 576. The monoisotopic (exact) mass is 340 g/mol. The van der Waals surface area contributed by atoms with Gasteiger partial charge in [-0.3, -0.25) is 4.79 Å². The maximum atomic E-state index is 11.9. The van der Waals surface area contributed by atoms with Crippen LogP contribution in [0.2, 0.25) is 5.02 Å². The van der Waals surface area contributed by atoms with E-state index in [1.807, 2.05) is 32.9 Å². The average Bonchev–Trinajstić information content (AvgIpc) is 2.37. The molecule has 0 radical (unpaired) electrons. The molecule has 2 rings (SSSR count). The Morgan fingerprint density at radius 2 is 2.00 bits per heavy atom. The zero-order valence-corrected chi connectivity index (χ0v) is 14.7. The van der Waals surface area contributed by atoms with Crippen molar-refractivity contribution in [3.05, 3.63) is 23.2 Å². The molecular weight excluding hydrogens is 316 g/mol. The molecule has 0 spiro atoms. The standard InChI is InChI=1S/C17H25ClN2O3/c1-16(2,3)23-15(21)11-17(22)6-8-20(9-7-17)14-5-4-12(19)10-13(14)18/h4-5,10,22H,6-9,11,19H2,1-3H3. The second-order valence-electron chi connectivity index (χ2n) is 7.19. The summed E-state index contributed by atoms with van der Waals surface area (Å²) in [7, 11) is 0. The van der Waals surface area contributed by atoms with E-state index in [9.17, 15) is 9.90 Å². The first-order valence-electron chi connectivity index (χ1n) is 7.82. The molecule has 0 bridgehead atoms. The zero-order valence-electron chi connectivity index (χ0n) is 13.9. The fourth-order valence-corrected chi connectivity index (χ4v) is 3.08. The van der Waals surface area contributed by atoms with Crippen molar-refractivity contribution in [3.8, 4) is 0 Å². The molecule has 0 aromatic heterocycles. The molecule has 0 unspecified atom stereocenters. The van der Waals surface area contributed by atoms with Gasteiger partial charge in [-0.05, 0) is 51.8 Å². The van der Waals surface area contributed by atoms with E-state index >= 15 is 0 Å². The Morgan fingerprint density at radius 3 is 2.52 bits per heavy atom. The topological polar surface area (TPSA) is 75.8 Å². The number of ether oxygens (including phenoxy) is 1. The maximum absolute atomic E-state index is 11.9. The summed E-state index contributed by atoms with van der Waals surface area (Å²) in [5.41, 5.74) is 5.69. The Hall–Kier alpha value is -1.46. The van der Waals surface area contributed by atoms with Gasteiger partial charge < -0.3 is 20.5 Å². The van der Waals surface area contributed by atoms with Crippen LogP contribution in [0.25, 0.3) is 0 Å². The van der Waals surface area contributed by atoms with Crippen molar-refractivity contribution in [2.24, 2.45) is 0 Å². The molecule has 1 aliphatic heterocycles. The molecule has 128 valence electrons. The number of benzene rings is 1. The molecule has 1 saturated heterocycles. The van der Waals surface area contributed by atoms with E-state index in [1.165, 1.54) is 0 Å². The quantitative estimate of drug-likeness (QED) is 0.653. The normalized spacial score (nSPS) is 17.9. The van der Waals surface area contributed by atoms with Gasteiger partial charge in [-0.1, -0.05) is 11.6 Å². The smallest absolute Gasteiger partial charge is 0.309 e.